The van der Waals surface area contributed by atoms with Crippen molar-refractivity contribution in [3.63, 3.8) is 0 Å². The SMILES string of the molecule is CSCC[C@@H](NC(=O)N1CCC(C)CC1)C(=O)O. The number of piperidine rings is 1. The van der Waals surface area contributed by atoms with Crippen molar-refractivity contribution >= 4 is 23.8 Å². The predicted molar refractivity (Wildman–Crippen MR) is 72.9 cm³/mol. The number of urea groups is 1. The number of likely N-dealkylation sites (tertiary alicyclic amines) is 1. The van der Waals surface area contributed by atoms with Gasteiger partial charge in [0.2, 0.25) is 0 Å². The summed E-state index contributed by atoms with van der Waals surface area (Å²) in [6.45, 7) is 3.62. The van der Waals surface area contributed by atoms with Gasteiger partial charge in [0.25, 0.3) is 0 Å². The number of carbonyl (C=O) groups excluding carboxylic acids is 1. The van der Waals surface area contributed by atoms with Gasteiger partial charge >= 0.3 is 12.0 Å². The molecule has 1 saturated heterocycles. The molecule has 18 heavy (non-hydrogen) atoms. The maximum absolute atomic E-state index is 11.9. The van der Waals surface area contributed by atoms with Crippen LogP contribution in [0.25, 0.3) is 0 Å². The topological polar surface area (TPSA) is 69.6 Å². The molecule has 1 aliphatic rings. The van der Waals surface area contributed by atoms with Crippen LogP contribution in [-0.2, 0) is 4.79 Å². The molecule has 1 atom stereocenters. The average molecular weight is 274 g/mol. The molecule has 0 spiro atoms. The molecule has 1 heterocycles. The van der Waals surface area contributed by atoms with Crippen LogP contribution in [-0.4, -0.2) is 53.1 Å². The van der Waals surface area contributed by atoms with Crippen molar-refractivity contribution in [1.82, 2.24) is 10.2 Å². The van der Waals surface area contributed by atoms with Crippen LogP contribution >= 0.6 is 11.8 Å². The number of nitrogens with one attached hydrogen (secondary N) is 1. The summed E-state index contributed by atoms with van der Waals surface area (Å²) in [6, 6.07) is -1.01. The van der Waals surface area contributed by atoms with Crippen LogP contribution in [0.5, 0.6) is 0 Å². The van der Waals surface area contributed by atoms with Gasteiger partial charge in [-0.1, -0.05) is 6.92 Å². The highest BCUT2D eigenvalue weighted by Crippen LogP contribution is 2.16. The van der Waals surface area contributed by atoms with Crippen LogP contribution < -0.4 is 5.32 Å². The Hall–Kier alpha value is -0.910. The van der Waals surface area contributed by atoms with E-state index in [1.165, 1.54) is 0 Å². The Morgan fingerprint density at radius 1 is 1.44 bits per heavy atom. The van der Waals surface area contributed by atoms with E-state index in [4.69, 9.17) is 5.11 Å². The molecule has 0 aromatic heterocycles. The summed E-state index contributed by atoms with van der Waals surface area (Å²) in [6.07, 6.45) is 4.38. The van der Waals surface area contributed by atoms with Crippen LogP contribution in [0.15, 0.2) is 0 Å². The van der Waals surface area contributed by atoms with E-state index in [-0.39, 0.29) is 6.03 Å². The molecule has 0 aromatic carbocycles. The quantitative estimate of drug-likeness (QED) is 0.799. The van der Waals surface area contributed by atoms with Crippen molar-refractivity contribution in [1.29, 1.82) is 0 Å². The monoisotopic (exact) mass is 274 g/mol. The molecule has 2 N–H and O–H groups in total. The van der Waals surface area contributed by atoms with Gasteiger partial charge in [-0.3, -0.25) is 0 Å². The first kappa shape index (κ1) is 15.1. The van der Waals surface area contributed by atoms with Crippen molar-refractivity contribution in [2.75, 3.05) is 25.1 Å². The van der Waals surface area contributed by atoms with Crippen LogP contribution in [0.1, 0.15) is 26.2 Å². The number of thioether (sulfide) groups is 1. The van der Waals surface area contributed by atoms with Gasteiger partial charge in [0, 0.05) is 13.1 Å². The van der Waals surface area contributed by atoms with Gasteiger partial charge in [0.1, 0.15) is 6.04 Å². The summed E-state index contributed by atoms with van der Waals surface area (Å²) in [5.41, 5.74) is 0. The van der Waals surface area contributed by atoms with Crippen molar-refractivity contribution in [2.24, 2.45) is 5.92 Å². The van der Waals surface area contributed by atoms with Crippen molar-refractivity contribution in [2.45, 2.75) is 32.2 Å². The molecule has 104 valence electrons. The number of amides is 2. The summed E-state index contributed by atoms with van der Waals surface area (Å²) in [4.78, 5) is 24.7. The Kier molecular flexibility index (Phi) is 6.32. The van der Waals surface area contributed by atoms with Crippen LogP contribution in [0, 0.1) is 5.92 Å². The third-order valence-electron chi connectivity index (χ3n) is 3.28. The maximum Gasteiger partial charge on any atom is 0.326 e. The predicted octanol–water partition coefficient (Wildman–Crippen LogP) is 1.63. The second kappa shape index (κ2) is 7.51. The lowest BCUT2D eigenvalue weighted by atomic mass is 10.00. The summed E-state index contributed by atoms with van der Waals surface area (Å²) < 4.78 is 0. The molecular weight excluding hydrogens is 252 g/mol. The summed E-state index contributed by atoms with van der Waals surface area (Å²) in [5, 5.41) is 11.7. The van der Waals surface area contributed by atoms with Crippen molar-refractivity contribution < 1.29 is 14.7 Å². The second-order valence-electron chi connectivity index (χ2n) is 4.79. The molecule has 0 aliphatic carbocycles. The van der Waals surface area contributed by atoms with Gasteiger partial charge in [-0.25, -0.2) is 9.59 Å². The molecule has 6 heteroatoms. The third kappa shape index (κ3) is 4.76. The zero-order valence-corrected chi connectivity index (χ0v) is 11.8. The van der Waals surface area contributed by atoms with E-state index in [1.807, 2.05) is 6.26 Å². The molecule has 1 aliphatic heterocycles. The van der Waals surface area contributed by atoms with Gasteiger partial charge in [0.15, 0.2) is 0 Å². The zero-order chi connectivity index (χ0) is 13.5. The number of hydrogen-bond acceptors (Lipinski definition) is 3. The number of nitrogens with zero attached hydrogens (tertiary/aromatic N) is 1. The molecule has 1 fully saturated rings. The Morgan fingerprint density at radius 3 is 2.56 bits per heavy atom. The number of carboxylic acid groups (broad SMARTS) is 1. The standard InChI is InChI=1S/C12H22N2O3S/c1-9-3-6-14(7-4-9)12(17)13-10(11(15)16)5-8-18-2/h9-10H,3-8H2,1-2H3,(H,13,17)(H,15,16)/t10-/m1/s1. The fourth-order valence-electron chi connectivity index (χ4n) is 1.95. The van der Waals surface area contributed by atoms with Gasteiger partial charge in [-0.05, 0) is 37.2 Å². The lowest BCUT2D eigenvalue weighted by Gasteiger charge is -2.31. The largest absolute Gasteiger partial charge is 0.480 e. The van der Waals surface area contributed by atoms with Crippen LogP contribution in [0.2, 0.25) is 0 Å². The zero-order valence-electron chi connectivity index (χ0n) is 11.0. The minimum absolute atomic E-state index is 0.240. The minimum atomic E-state index is -0.956. The van der Waals surface area contributed by atoms with Crippen LogP contribution in [0.4, 0.5) is 4.79 Å². The van der Waals surface area contributed by atoms with Gasteiger partial charge < -0.3 is 15.3 Å². The van der Waals surface area contributed by atoms with E-state index in [2.05, 4.69) is 12.2 Å². The Bertz CT molecular complexity index is 291. The molecule has 0 radical (unpaired) electrons. The molecule has 2 amide bonds. The normalized spacial score (nSPS) is 18.4. The Balaban J connectivity index is 2.42. The van der Waals surface area contributed by atoms with Gasteiger partial charge in [-0.2, -0.15) is 11.8 Å². The first-order chi connectivity index (χ1) is 8.54. The number of carbonyl (C=O) groups is 2. The summed E-state index contributed by atoms with van der Waals surface area (Å²) >= 11 is 1.58. The highest BCUT2D eigenvalue weighted by molar-refractivity contribution is 7.98. The maximum atomic E-state index is 11.9. The van der Waals surface area contributed by atoms with E-state index >= 15 is 0 Å². The van der Waals surface area contributed by atoms with E-state index in [0.717, 1.165) is 31.7 Å². The minimum Gasteiger partial charge on any atom is -0.480 e. The Labute approximate surface area is 112 Å². The fraction of sp³-hybridized carbons (Fsp3) is 0.833. The smallest absolute Gasteiger partial charge is 0.326 e. The van der Waals surface area contributed by atoms with Gasteiger partial charge in [0.05, 0.1) is 0 Å². The third-order valence-corrected chi connectivity index (χ3v) is 3.92. The first-order valence-corrected chi connectivity index (χ1v) is 7.71. The molecule has 0 unspecified atom stereocenters. The highest BCUT2D eigenvalue weighted by atomic mass is 32.2. The fourth-order valence-corrected chi connectivity index (χ4v) is 2.42. The molecule has 0 saturated carbocycles. The number of aliphatic carboxylic acids is 1. The molecule has 5 nitrogen and oxygen atoms in total. The first-order valence-electron chi connectivity index (χ1n) is 6.31. The van der Waals surface area contributed by atoms with Gasteiger partial charge in [-0.15, -0.1) is 0 Å². The van der Waals surface area contributed by atoms with E-state index in [9.17, 15) is 9.59 Å². The van der Waals surface area contributed by atoms with E-state index < -0.39 is 12.0 Å². The van der Waals surface area contributed by atoms with E-state index in [1.54, 1.807) is 16.7 Å². The summed E-state index contributed by atoms with van der Waals surface area (Å²) in [7, 11) is 0. The number of hydrogen-bond donors (Lipinski definition) is 2. The number of rotatable bonds is 5. The lowest BCUT2D eigenvalue weighted by molar-refractivity contribution is -0.139. The highest BCUT2D eigenvalue weighted by Gasteiger charge is 2.25. The molecular formula is C12H22N2O3S. The van der Waals surface area contributed by atoms with Crippen molar-refractivity contribution in [3.8, 4) is 0 Å². The average Bonchev–Trinajstić information content (AvgIpc) is 2.34. The van der Waals surface area contributed by atoms with Crippen molar-refractivity contribution in [3.05, 3.63) is 0 Å². The molecule has 0 bridgehead atoms. The number of carboxylic acids is 1. The Morgan fingerprint density at radius 2 is 2.06 bits per heavy atom. The van der Waals surface area contributed by atoms with E-state index in [0.29, 0.717) is 12.3 Å². The van der Waals surface area contributed by atoms with Crippen LogP contribution in [0.3, 0.4) is 0 Å². The molecule has 1 rings (SSSR count). The summed E-state index contributed by atoms with van der Waals surface area (Å²) in [5.74, 6) is 0.428. The second-order valence-corrected chi connectivity index (χ2v) is 5.78. The lowest BCUT2D eigenvalue weighted by Crippen LogP contribution is -2.50. The molecule has 0 aromatic rings.